The molecule has 3 aromatic rings. The van der Waals surface area contributed by atoms with E-state index in [2.05, 4.69) is 21.2 Å². The van der Waals surface area contributed by atoms with Crippen LogP contribution in [0.5, 0.6) is 0 Å². The predicted molar refractivity (Wildman–Crippen MR) is 115 cm³/mol. The van der Waals surface area contributed by atoms with Gasteiger partial charge in [0.25, 0.3) is 10.0 Å². The summed E-state index contributed by atoms with van der Waals surface area (Å²) in [5.74, 6) is -0.426. The topological polar surface area (TPSA) is 66.5 Å². The highest BCUT2D eigenvalue weighted by molar-refractivity contribution is 9.10. The molecule has 7 heteroatoms. The van der Waals surface area contributed by atoms with Gasteiger partial charge in [-0.15, -0.1) is 0 Å². The maximum absolute atomic E-state index is 13.2. The van der Waals surface area contributed by atoms with Gasteiger partial charge in [-0.2, -0.15) is 0 Å². The molecule has 0 bridgehead atoms. The molecule has 3 aromatic carbocycles. The van der Waals surface area contributed by atoms with Crippen molar-refractivity contribution in [2.45, 2.75) is 11.8 Å². The maximum Gasteiger partial charge on any atom is 0.264 e. The largest absolute Gasteiger partial charge is 0.325 e. The zero-order valence-corrected chi connectivity index (χ0v) is 17.6. The Morgan fingerprint density at radius 1 is 0.964 bits per heavy atom. The minimum absolute atomic E-state index is 0.123. The summed E-state index contributed by atoms with van der Waals surface area (Å²) in [4.78, 5) is 12.8. The number of carbonyl (C=O) groups is 1. The summed E-state index contributed by atoms with van der Waals surface area (Å²) in [6.07, 6.45) is 0. The molecule has 0 saturated carbocycles. The van der Waals surface area contributed by atoms with E-state index < -0.39 is 15.9 Å². The molecule has 0 heterocycles. The Morgan fingerprint density at radius 2 is 1.68 bits per heavy atom. The van der Waals surface area contributed by atoms with E-state index in [1.807, 2.05) is 25.1 Å². The molecule has 1 N–H and O–H groups in total. The summed E-state index contributed by atoms with van der Waals surface area (Å²) in [7, 11) is -3.91. The van der Waals surface area contributed by atoms with Crippen LogP contribution in [-0.4, -0.2) is 20.9 Å². The van der Waals surface area contributed by atoms with Gasteiger partial charge in [0.15, 0.2) is 0 Å². The number of nitrogens with one attached hydrogen (secondary N) is 1. The minimum atomic E-state index is -3.91. The summed E-state index contributed by atoms with van der Waals surface area (Å²) < 4.78 is 28.3. The lowest BCUT2D eigenvalue weighted by Gasteiger charge is -2.24. The highest BCUT2D eigenvalue weighted by Gasteiger charge is 2.27. The Kier molecular flexibility index (Phi) is 6.16. The molecular weight excluding hydrogens is 440 g/mol. The van der Waals surface area contributed by atoms with Crippen LogP contribution < -0.4 is 9.62 Å². The monoisotopic (exact) mass is 458 g/mol. The number of rotatable bonds is 6. The third kappa shape index (κ3) is 4.79. The zero-order valence-electron chi connectivity index (χ0n) is 15.2. The number of nitrogens with zero attached hydrogens (tertiary/aromatic N) is 1. The van der Waals surface area contributed by atoms with Crippen molar-refractivity contribution in [3.8, 4) is 0 Å². The summed E-state index contributed by atoms with van der Waals surface area (Å²) in [6, 6.07) is 22.3. The third-order valence-electron chi connectivity index (χ3n) is 4.02. The van der Waals surface area contributed by atoms with Crippen LogP contribution in [0.1, 0.15) is 5.56 Å². The van der Waals surface area contributed by atoms with Crippen molar-refractivity contribution in [3.05, 3.63) is 88.9 Å². The normalized spacial score (nSPS) is 11.1. The number of aryl methyl sites for hydroxylation is 1. The second-order valence-corrected chi connectivity index (χ2v) is 9.00. The number of anilines is 2. The van der Waals surface area contributed by atoms with E-state index in [1.165, 1.54) is 12.1 Å². The van der Waals surface area contributed by atoms with Crippen molar-refractivity contribution in [3.63, 3.8) is 0 Å². The summed E-state index contributed by atoms with van der Waals surface area (Å²) in [5.41, 5.74) is 2.02. The van der Waals surface area contributed by atoms with E-state index in [4.69, 9.17) is 0 Å². The quantitative estimate of drug-likeness (QED) is 0.587. The first-order valence-electron chi connectivity index (χ1n) is 8.56. The van der Waals surface area contributed by atoms with Gasteiger partial charge < -0.3 is 5.32 Å². The SMILES string of the molecule is Cc1cccc(NC(=O)CN(c2cccc(Br)c2)S(=O)(=O)c2ccccc2)c1. The van der Waals surface area contributed by atoms with Gasteiger partial charge in [-0.1, -0.05) is 52.3 Å². The van der Waals surface area contributed by atoms with E-state index in [0.717, 1.165) is 14.3 Å². The third-order valence-corrected chi connectivity index (χ3v) is 6.30. The molecule has 0 aliphatic carbocycles. The predicted octanol–water partition coefficient (Wildman–Crippen LogP) is 4.59. The first-order chi connectivity index (χ1) is 13.4. The van der Waals surface area contributed by atoms with Crippen molar-refractivity contribution in [2.24, 2.45) is 0 Å². The van der Waals surface area contributed by atoms with Gasteiger partial charge in [0, 0.05) is 10.2 Å². The second kappa shape index (κ2) is 8.58. The summed E-state index contributed by atoms with van der Waals surface area (Å²) >= 11 is 3.36. The number of halogens is 1. The Morgan fingerprint density at radius 3 is 2.36 bits per heavy atom. The van der Waals surface area contributed by atoms with Gasteiger partial charge in [-0.3, -0.25) is 9.10 Å². The fourth-order valence-electron chi connectivity index (χ4n) is 2.72. The second-order valence-electron chi connectivity index (χ2n) is 6.22. The average Bonchev–Trinajstić information content (AvgIpc) is 2.67. The Labute approximate surface area is 173 Å². The summed E-state index contributed by atoms with van der Waals surface area (Å²) in [5, 5.41) is 2.76. The molecule has 0 radical (unpaired) electrons. The van der Waals surface area contributed by atoms with Crippen LogP contribution in [0.25, 0.3) is 0 Å². The van der Waals surface area contributed by atoms with Crippen LogP contribution in [0, 0.1) is 6.92 Å². The molecule has 28 heavy (non-hydrogen) atoms. The van der Waals surface area contributed by atoms with Crippen LogP contribution in [0.15, 0.2) is 88.2 Å². The van der Waals surface area contributed by atoms with Crippen LogP contribution >= 0.6 is 15.9 Å². The fraction of sp³-hybridized carbons (Fsp3) is 0.0952. The standard InChI is InChI=1S/C21H19BrN2O3S/c1-16-7-5-9-18(13-16)23-21(25)15-24(19-10-6-8-17(22)14-19)28(26,27)20-11-3-2-4-12-20/h2-14H,15H2,1H3,(H,23,25). The van der Waals surface area contributed by atoms with E-state index in [0.29, 0.717) is 11.4 Å². The first-order valence-corrected chi connectivity index (χ1v) is 10.8. The van der Waals surface area contributed by atoms with Gasteiger partial charge in [0.1, 0.15) is 6.54 Å². The van der Waals surface area contributed by atoms with Crippen LogP contribution in [0.3, 0.4) is 0 Å². The van der Waals surface area contributed by atoms with Crippen molar-refractivity contribution in [1.29, 1.82) is 0 Å². The number of amides is 1. The van der Waals surface area contributed by atoms with Crippen molar-refractivity contribution in [1.82, 2.24) is 0 Å². The fourth-order valence-corrected chi connectivity index (χ4v) is 4.54. The molecule has 0 unspecified atom stereocenters. The molecule has 0 aliphatic rings. The Bertz CT molecular complexity index is 1090. The number of hydrogen-bond donors (Lipinski definition) is 1. The highest BCUT2D eigenvalue weighted by Crippen LogP contribution is 2.26. The van der Waals surface area contributed by atoms with Crippen LogP contribution in [0.4, 0.5) is 11.4 Å². The zero-order chi connectivity index (χ0) is 20.1. The van der Waals surface area contributed by atoms with Crippen molar-refractivity contribution < 1.29 is 13.2 Å². The average molecular weight is 459 g/mol. The van der Waals surface area contributed by atoms with E-state index in [-0.39, 0.29) is 11.4 Å². The molecule has 5 nitrogen and oxygen atoms in total. The first kappa shape index (κ1) is 20.1. The van der Waals surface area contributed by atoms with Gasteiger partial charge in [0.05, 0.1) is 10.6 Å². The van der Waals surface area contributed by atoms with Gasteiger partial charge in [-0.25, -0.2) is 8.42 Å². The molecule has 1 amide bonds. The molecule has 144 valence electrons. The van der Waals surface area contributed by atoms with Crippen LogP contribution in [-0.2, 0) is 14.8 Å². The molecule has 0 spiro atoms. The maximum atomic E-state index is 13.2. The highest BCUT2D eigenvalue weighted by atomic mass is 79.9. The lowest BCUT2D eigenvalue weighted by atomic mass is 10.2. The molecule has 3 rings (SSSR count). The van der Waals surface area contributed by atoms with Gasteiger partial charge in [-0.05, 0) is 55.0 Å². The van der Waals surface area contributed by atoms with E-state index >= 15 is 0 Å². The Hall–Kier alpha value is -2.64. The van der Waals surface area contributed by atoms with Gasteiger partial charge in [0.2, 0.25) is 5.91 Å². The Balaban J connectivity index is 1.94. The van der Waals surface area contributed by atoms with E-state index in [9.17, 15) is 13.2 Å². The van der Waals surface area contributed by atoms with E-state index in [1.54, 1.807) is 48.5 Å². The number of sulfonamides is 1. The van der Waals surface area contributed by atoms with Crippen molar-refractivity contribution in [2.75, 3.05) is 16.2 Å². The molecule has 0 atom stereocenters. The smallest absolute Gasteiger partial charge is 0.264 e. The number of carbonyl (C=O) groups excluding carboxylic acids is 1. The van der Waals surface area contributed by atoms with Crippen LogP contribution in [0.2, 0.25) is 0 Å². The van der Waals surface area contributed by atoms with Crippen molar-refractivity contribution >= 4 is 43.2 Å². The number of hydrogen-bond acceptors (Lipinski definition) is 3. The summed E-state index contributed by atoms with van der Waals surface area (Å²) in [6.45, 7) is 1.57. The minimum Gasteiger partial charge on any atom is -0.325 e. The number of benzene rings is 3. The van der Waals surface area contributed by atoms with Gasteiger partial charge >= 0.3 is 0 Å². The molecule has 0 fully saturated rings. The molecular formula is C21H19BrN2O3S. The molecule has 0 aliphatic heterocycles. The lowest BCUT2D eigenvalue weighted by Crippen LogP contribution is -2.38. The molecule has 0 aromatic heterocycles. The molecule has 0 saturated heterocycles. The lowest BCUT2D eigenvalue weighted by molar-refractivity contribution is -0.114.